The maximum absolute atomic E-state index is 12.4. The highest BCUT2D eigenvalue weighted by Gasteiger charge is 2.37. The smallest absolute Gasteiger partial charge is 0.244 e. The van der Waals surface area contributed by atoms with E-state index in [-0.39, 0.29) is 4.90 Å². The summed E-state index contributed by atoms with van der Waals surface area (Å²) in [6.45, 7) is 4.21. The van der Waals surface area contributed by atoms with Crippen molar-refractivity contribution in [2.75, 3.05) is 6.54 Å². The van der Waals surface area contributed by atoms with E-state index in [1.165, 1.54) is 6.20 Å². The van der Waals surface area contributed by atoms with E-state index in [1.807, 2.05) is 0 Å². The van der Waals surface area contributed by atoms with E-state index < -0.39 is 15.6 Å². The maximum atomic E-state index is 12.4. The van der Waals surface area contributed by atoms with Gasteiger partial charge in [0.1, 0.15) is 4.90 Å². The van der Waals surface area contributed by atoms with E-state index in [9.17, 15) is 8.42 Å². The first-order valence-corrected chi connectivity index (χ1v) is 8.11. The number of nitrogens with two attached hydrogens (primary N) is 1. The van der Waals surface area contributed by atoms with Crippen LogP contribution in [0.25, 0.3) is 0 Å². The van der Waals surface area contributed by atoms with Gasteiger partial charge in [-0.15, -0.1) is 0 Å². The van der Waals surface area contributed by atoms with Crippen LogP contribution in [0.4, 0.5) is 0 Å². The zero-order chi connectivity index (χ0) is 14.1. The molecule has 0 bridgehead atoms. The first-order chi connectivity index (χ1) is 8.88. The summed E-state index contributed by atoms with van der Waals surface area (Å²) in [5.74, 6) is 0.639. The van der Waals surface area contributed by atoms with E-state index in [4.69, 9.17) is 5.73 Å². The van der Waals surface area contributed by atoms with Gasteiger partial charge in [0.2, 0.25) is 10.0 Å². The van der Waals surface area contributed by atoms with E-state index in [0.29, 0.717) is 18.2 Å². The molecule has 0 saturated heterocycles. The summed E-state index contributed by atoms with van der Waals surface area (Å²) < 4.78 is 27.6. The van der Waals surface area contributed by atoms with Crippen molar-refractivity contribution in [2.24, 2.45) is 11.7 Å². The molecule has 7 heteroatoms. The molecule has 1 aromatic heterocycles. The van der Waals surface area contributed by atoms with Crippen LogP contribution in [0.15, 0.2) is 11.1 Å². The van der Waals surface area contributed by atoms with Crippen molar-refractivity contribution in [1.82, 2.24) is 14.9 Å². The summed E-state index contributed by atoms with van der Waals surface area (Å²) in [5, 5.41) is 6.42. The van der Waals surface area contributed by atoms with Crippen LogP contribution >= 0.6 is 0 Å². The van der Waals surface area contributed by atoms with Crippen LogP contribution in [0.5, 0.6) is 0 Å². The minimum atomic E-state index is -3.56. The number of aryl methyl sites for hydroxylation is 1. The van der Waals surface area contributed by atoms with Crippen molar-refractivity contribution in [2.45, 2.75) is 50.0 Å². The van der Waals surface area contributed by atoms with Crippen LogP contribution in [0.3, 0.4) is 0 Å². The Morgan fingerprint density at radius 2 is 2.16 bits per heavy atom. The van der Waals surface area contributed by atoms with Crippen LogP contribution in [-0.4, -0.2) is 30.7 Å². The fourth-order valence-electron chi connectivity index (χ4n) is 2.61. The van der Waals surface area contributed by atoms with Crippen LogP contribution in [0.1, 0.15) is 38.3 Å². The Hall–Kier alpha value is -0.920. The lowest BCUT2D eigenvalue weighted by atomic mass is 9.78. The van der Waals surface area contributed by atoms with Crippen molar-refractivity contribution >= 4 is 10.0 Å². The molecule has 0 aliphatic heterocycles. The largest absolute Gasteiger partial charge is 0.329 e. The lowest BCUT2D eigenvalue weighted by Crippen LogP contribution is -2.55. The van der Waals surface area contributed by atoms with Gasteiger partial charge < -0.3 is 5.73 Å². The molecule has 1 aliphatic carbocycles. The number of rotatable bonds is 4. The second kappa shape index (κ2) is 5.22. The van der Waals surface area contributed by atoms with Gasteiger partial charge in [0.15, 0.2) is 0 Å². The fraction of sp³-hybridized carbons (Fsp3) is 0.750. The molecule has 1 aromatic rings. The molecule has 1 heterocycles. The SMILES string of the molecule is Cc1[nH]ncc1S(=O)(=O)NC1(CN)CCC(C)CC1. The summed E-state index contributed by atoms with van der Waals surface area (Å²) >= 11 is 0. The Labute approximate surface area is 114 Å². The minimum Gasteiger partial charge on any atom is -0.329 e. The molecule has 4 N–H and O–H groups in total. The molecule has 1 aliphatic rings. The van der Waals surface area contributed by atoms with Gasteiger partial charge in [0.25, 0.3) is 0 Å². The van der Waals surface area contributed by atoms with Gasteiger partial charge in [-0.3, -0.25) is 5.10 Å². The van der Waals surface area contributed by atoms with Crippen molar-refractivity contribution in [1.29, 1.82) is 0 Å². The topological polar surface area (TPSA) is 101 Å². The fourth-order valence-corrected chi connectivity index (χ4v) is 4.22. The lowest BCUT2D eigenvalue weighted by Gasteiger charge is -2.38. The van der Waals surface area contributed by atoms with Gasteiger partial charge in [-0.05, 0) is 38.5 Å². The lowest BCUT2D eigenvalue weighted by molar-refractivity contribution is 0.231. The first-order valence-electron chi connectivity index (χ1n) is 6.62. The summed E-state index contributed by atoms with van der Waals surface area (Å²) in [6, 6.07) is 0. The van der Waals surface area contributed by atoms with Crippen molar-refractivity contribution < 1.29 is 8.42 Å². The molecular formula is C12H22N4O2S. The summed E-state index contributed by atoms with van der Waals surface area (Å²) in [6.07, 6.45) is 4.93. The molecule has 19 heavy (non-hydrogen) atoms. The van der Waals surface area contributed by atoms with Crippen LogP contribution < -0.4 is 10.5 Å². The van der Waals surface area contributed by atoms with Crippen molar-refractivity contribution in [3.63, 3.8) is 0 Å². The average molecular weight is 286 g/mol. The number of nitrogens with one attached hydrogen (secondary N) is 2. The third kappa shape index (κ3) is 2.98. The van der Waals surface area contributed by atoms with Gasteiger partial charge in [0, 0.05) is 12.1 Å². The van der Waals surface area contributed by atoms with E-state index in [0.717, 1.165) is 25.7 Å². The first kappa shape index (κ1) is 14.5. The second-order valence-corrected chi connectivity index (χ2v) is 7.28. The second-order valence-electron chi connectivity index (χ2n) is 5.63. The van der Waals surface area contributed by atoms with Gasteiger partial charge in [0.05, 0.1) is 11.9 Å². The molecule has 1 fully saturated rings. The Kier molecular flexibility index (Phi) is 3.98. The quantitative estimate of drug-likeness (QED) is 0.765. The number of nitrogens with zero attached hydrogens (tertiary/aromatic N) is 1. The zero-order valence-corrected chi connectivity index (χ0v) is 12.3. The molecule has 1 saturated carbocycles. The zero-order valence-electron chi connectivity index (χ0n) is 11.4. The van der Waals surface area contributed by atoms with Crippen LogP contribution in [0, 0.1) is 12.8 Å². The number of aromatic nitrogens is 2. The summed E-state index contributed by atoms with van der Waals surface area (Å²) in [7, 11) is -3.56. The Morgan fingerprint density at radius 3 is 2.63 bits per heavy atom. The van der Waals surface area contributed by atoms with Gasteiger partial charge in [-0.1, -0.05) is 6.92 Å². The Balaban J connectivity index is 2.21. The minimum absolute atomic E-state index is 0.207. The maximum Gasteiger partial charge on any atom is 0.244 e. The van der Waals surface area contributed by atoms with E-state index >= 15 is 0 Å². The summed E-state index contributed by atoms with van der Waals surface area (Å²) in [5.41, 5.74) is 5.87. The number of hydrogen-bond donors (Lipinski definition) is 3. The third-order valence-corrected chi connectivity index (χ3v) is 5.74. The van der Waals surface area contributed by atoms with Gasteiger partial charge in [-0.2, -0.15) is 5.10 Å². The predicted octanol–water partition coefficient (Wildman–Crippen LogP) is 0.904. The molecule has 0 spiro atoms. The number of hydrogen-bond acceptors (Lipinski definition) is 4. The average Bonchev–Trinajstić information content (AvgIpc) is 2.79. The highest BCUT2D eigenvalue weighted by molar-refractivity contribution is 7.89. The normalized spacial score (nSPS) is 28.5. The predicted molar refractivity (Wildman–Crippen MR) is 73.1 cm³/mol. The van der Waals surface area contributed by atoms with E-state index in [2.05, 4.69) is 21.8 Å². The van der Waals surface area contributed by atoms with Gasteiger partial charge >= 0.3 is 0 Å². The highest BCUT2D eigenvalue weighted by atomic mass is 32.2. The Morgan fingerprint density at radius 1 is 1.53 bits per heavy atom. The monoisotopic (exact) mass is 286 g/mol. The standard InChI is InChI=1S/C12H22N4O2S/c1-9-3-5-12(8-13,6-4-9)16-19(17,18)11-7-14-15-10(11)2/h7,9,16H,3-6,8,13H2,1-2H3,(H,14,15). The van der Waals surface area contributed by atoms with Crippen LogP contribution in [0.2, 0.25) is 0 Å². The molecule has 108 valence electrons. The molecule has 2 rings (SSSR count). The van der Waals surface area contributed by atoms with Crippen molar-refractivity contribution in [3.8, 4) is 0 Å². The van der Waals surface area contributed by atoms with Crippen LogP contribution in [-0.2, 0) is 10.0 Å². The molecule has 6 nitrogen and oxygen atoms in total. The number of sulfonamides is 1. The Bertz CT molecular complexity index is 530. The molecular weight excluding hydrogens is 264 g/mol. The molecule has 0 atom stereocenters. The molecule has 0 radical (unpaired) electrons. The van der Waals surface area contributed by atoms with Gasteiger partial charge in [-0.25, -0.2) is 13.1 Å². The third-order valence-electron chi connectivity index (χ3n) is 4.05. The van der Waals surface area contributed by atoms with E-state index in [1.54, 1.807) is 6.92 Å². The number of aromatic amines is 1. The summed E-state index contributed by atoms with van der Waals surface area (Å²) in [4.78, 5) is 0.207. The molecule has 0 aromatic carbocycles. The number of H-pyrrole nitrogens is 1. The van der Waals surface area contributed by atoms with Crippen molar-refractivity contribution in [3.05, 3.63) is 11.9 Å². The molecule has 0 unspecified atom stereocenters. The molecule has 0 amide bonds. The highest BCUT2D eigenvalue weighted by Crippen LogP contribution is 2.32.